The van der Waals surface area contributed by atoms with Gasteiger partial charge in [-0.3, -0.25) is 4.79 Å². The van der Waals surface area contributed by atoms with E-state index < -0.39 is 6.61 Å². The molecule has 1 saturated carbocycles. The second kappa shape index (κ2) is 6.36. The van der Waals surface area contributed by atoms with Crippen molar-refractivity contribution in [2.75, 3.05) is 6.54 Å². The molecule has 3 nitrogen and oxygen atoms in total. The topological polar surface area (TPSA) is 38.3 Å². The Morgan fingerprint density at radius 3 is 2.52 bits per heavy atom. The van der Waals surface area contributed by atoms with Crippen molar-refractivity contribution < 1.29 is 18.3 Å². The van der Waals surface area contributed by atoms with Crippen LogP contribution in [0, 0.1) is 0 Å². The monoisotopic (exact) mass is 317 g/mol. The second-order valence-corrected chi connectivity index (χ2v) is 5.74. The highest BCUT2D eigenvalue weighted by atomic mass is 19.3. The minimum Gasteiger partial charge on any atom is -0.435 e. The van der Waals surface area contributed by atoms with E-state index in [9.17, 15) is 13.6 Å². The molecule has 120 valence electrons. The molecule has 3 rings (SSSR count). The molecule has 2 aromatic carbocycles. The predicted octanol–water partition coefficient (Wildman–Crippen LogP) is 3.75. The molecule has 0 bridgehead atoms. The van der Waals surface area contributed by atoms with Crippen molar-refractivity contribution in [3.05, 3.63) is 65.7 Å². The van der Waals surface area contributed by atoms with E-state index in [0.29, 0.717) is 12.1 Å². The molecule has 2 aromatic rings. The summed E-state index contributed by atoms with van der Waals surface area (Å²) in [7, 11) is 0. The number of carbonyl (C=O) groups excluding carboxylic acids is 1. The zero-order valence-electron chi connectivity index (χ0n) is 12.5. The van der Waals surface area contributed by atoms with Crippen LogP contribution in [0.1, 0.15) is 28.8 Å². The van der Waals surface area contributed by atoms with Crippen molar-refractivity contribution in [2.45, 2.75) is 24.9 Å². The molecule has 0 heterocycles. The number of halogens is 2. The van der Waals surface area contributed by atoms with E-state index in [1.165, 1.54) is 23.8 Å². The third kappa shape index (κ3) is 3.67. The van der Waals surface area contributed by atoms with E-state index in [0.717, 1.165) is 12.8 Å². The third-order valence-corrected chi connectivity index (χ3v) is 4.15. The Kier molecular flexibility index (Phi) is 4.28. The van der Waals surface area contributed by atoms with Crippen LogP contribution in [-0.4, -0.2) is 19.1 Å². The Morgan fingerprint density at radius 2 is 1.87 bits per heavy atom. The lowest BCUT2D eigenvalue weighted by Gasteiger charge is -2.16. The SMILES string of the molecule is O=C(NCC1(c2ccccc2)CC1)c1cccc(OC(F)F)c1. The molecule has 1 amide bonds. The Morgan fingerprint density at radius 1 is 1.13 bits per heavy atom. The number of benzene rings is 2. The minimum absolute atomic E-state index is 0.00794. The summed E-state index contributed by atoms with van der Waals surface area (Å²) < 4.78 is 28.8. The number of carbonyl (C=O) groups is 1. The fraction of sp³-hybridized carbons (Fsp3) is 0.278. The lowest BCUT2D eigenvalue weighted by molar-refractivity contribution is -0.0498. The second-order valence-electron chi connectivity index (χ2n) is 5.74. The van der Waals surface area contributed by atoms with Crippen molar-refractivity contribution >= 4 is 5.91 Å². The van der Waals surface area contributed by atoms with Gasteiger partial charge in [0.2, 0.25) is 0 Å². The first-order chi connectivity index (χ1) is 11.1. The van der Waals surface area contributed by atoms with Gasteiger partial charge in [0.05, 0.1) is 0 Å². The number of hydrogen-bond donors (Lipinski definition) is 1. The molecule has 0 atom stereocenters. The molecule has 1 N–H and O–H groups in total. The van der Waals surface area contributed by atoms with Crippen LogP contribution in [0.4, 0.5) is 8.78 Å². The van der Waals surface area contributed by atoms with E-state index in [1.807, 2.05) is 18.2 Å². The Balaban J connectivity index is 1.64. The van der Waals surface area contributed by atoms with Crippen LogP contribution in [0.5, 0.6) is 5.75 Å². The van der Waals surface area contributed by atoms with Gasteiger partial charge < -0.3 is 10.1 Å². The number of hydrogen-bond acceptors (Lipinski definition) is 2. The maximum absolute atomic E-state index is 12.2. The van der Waals surface area contributed by atoms with Gasteiger partial charge in [0.15, 0.2) is 0 Å². The number of nitrogens with one attached hydrogen (secondary N) is 1. The van der Waals surface area contributed by atoms with Crippen LogP contribution in [0.25, 0.3) is 0 Å². The molecule has 0 saturated heterocycles. The fourth-order valence-electron chi connectivity index (χ4n) is 2.68. The number of amides is 1. The summed E-state index contributed by atoms with van der Waals surface area (Å²) in [6.45, 7) is -2.36. The summed E-state index contributed by atoms with van der Waals surface area (Å²) in [5.74, 6) is -0.302. The Hall–Kier alpha value is -2.43. The molecule has 5 heteroatoms. The van der Waals surface area contributed by atoms with Gasteiger partial charge in [-0.2, -0.15) is 8.78 Å². The minimum atomic E-state index is -2.90. The van der Waals surface area contributed by atoms with Crippen molar-refractivity contribution in [2.24, 2.45) is 0 Å². The number of ether oxygens (including phenoxy) is 1. The fourth-order valence-corrected chi connectivity index (χ4v) is 2.68. The average molecular weight is 317 g/mol. The molecule has 1 aliphatic carbocycles. The van der Waals surface area contributed by atoms with Crippen LogP contribution < -0.4 is 10.1 Å². The van der Waals surface area contributed by atoms with E-state index in [-0.39, 0.29) is 17.1 Å². The highest BCUT2D eigenvalue weighted by Crippen LogP contribution is 2.47. The van der Waals surface area contributed by atoms with Crippen molar-refractivity contribution in [1.29, 1.82) is 0 Å². The zero-order chi connectivity index (χ0) is 16.3. The van der Waals surface area contributed by atoms with Crippen molar-refractivity contribution in [1.82, 2.24) is 5.32 Å². The quantitative estimate of drug-likeness (QED) is 0.881. The van der Waals surface area contributed by atoms with Crippen molar-refractivity contribution in [3.63, 3.8) is 0 Å². The molecule has 0 aromatic heterocycles. The number of rotatable bonds is 6. The summed E-state index contributed by atoms with van der Waals surface area (Å²) in [4.78, 5) is 12.2. The summed E-state index contributed by atoms with van der Waals surface area (Å²) in [5, 5.41) is 2.90. The zero-order valence-corrected chi connectivity index (χ0v) is 12.5. The van der Waals surface area contributed by atoms with Crippen molar-refractivity contribution in [3.8, 4) is 5.75 Å². The lowest BCUT2D eigenvalue weighted by atomic mass is 9.96. The molecular formula is C18H17F2NO2. The van der Waals surface area contributed by atoms with Crippen LogP contribution >= 0.6 is 0 Å². The van der Waals surface area contributed by atoms with Gasteiger partial charge in [0.25, 0.3) is 5.91 Å². The van der Waals surface area contributed by atoms with E-state index in [4.69, 9.17) is 0 Å². The van der Waals surface area contributed by atoms with E-state index in [2.05, 4.69) is 22.2 Å². The summed E-state index contributed by atoms with van der Waals surface area (Å²) in [5.41, 5.74) is 1.54. The van der Waals surface area contributed by atoms with Gasteiger partial charge in [0.1, 0.15) is 5.75 Å². The molecule has 0 aliphatic heterocycles. The molecule has 1 aliphatic rings. The molecular weight excluding hydrogens is 300 g/mol. The van der Waals surface area contributed by atoms with Gasteiger partial charge in [-0.15, -0.1) is 0 Å². The smallest absolute Gasteiger partial charge is 0.387 e. The highest BCUT2D eigenvalue weighted by Gasteiger charge is 2.44. The first-order valence-corrected chi connectivity index (χ1v) is 7.48. The lowest BCUT2D eigenvalue weighted by Crippen LogP contribution is -2.32. The van der Waals surface area contributed by atoms with Gasteiger partial charge >= 0.3 is 6.61 Å². The molecule has 0 radical (unpaired) electrons. The van der Waals surface area contributed by atoms with Crippen LogP contribution in [0.2, 0.25) is 0 Å². The normalized spacial score (nSPS) is 15.3. The largest absolute Gasteiger partial charge is 0.435 e. The molecule has 1 fully saturated rings. The van der Waals surface area contributed by atoms with E-state index >= 15 is 0 Å². The van der Waals surface area contributed by atoms with Crippen LogP contribution in [0.3, 0.4) is 0 Å². The Bertz CT molecular complexity index is 684. The van der Waals surface area contributed by atoms with Gasteiger partial charge in [-0.1, -0.05) is 36.4 Å². The maximum atomic E-state index is 12.2. The molecule has 0 unspecified atom stereocenters. The first-order valence-electron chi connectivity index (χ1n) is 7.48. The van der Waals surface area contributed by atoms with Crippen LogP contribution in [-0.2, 0) is 5.41 Å². The predicted molar refractivity (Wildman–Crippen MR) is 82.8 cm³/mol. The molecule has 0 spiro atoms. The Labute approximate surface area is 133 Å². The maximum Gasteiger partial charge on any atom is 0.387 e. The average Bonchev–Trinajstić information content (AvgIpc) is 3.34. The summed E-state index contributed by atoms with van der Waals surface area (Å²) >= 11 is 0. The standard InChI is InChI=1S/C18H17F2NO2/c19-17(20)23-15-8-4-5-13(11-15)16(22)21-12-18(9-10-18)14-6-2-1-3-7-14/h1-8,11,17H,9-10,12H2,(H,21,22). The first kappa shape index (κ1) is 15.5. The summed E-state index contributed by atoms with van der Waals surface area (Å²) in [6, 6.07) is 15.9. The highest BCUT2D eigenvalue weighted by molar-refractivity contribution is 5.94. The van der Waals surface area contributed by atoms with Crippen LogP contribution in [0.15, 0.2) is 54.6 Å². The number of alkyl halides is 2. The molecule has 23 heavy (non-hydrogen) atoms. The van der Waals surface area contributed by atoms with Gasteiger partial charge in [-0.05, 0) is 36.6 Å². The summed E-state index contributed by atoms with van der Waals surface area (Å²) in [6.07, 6.45) is 2.07. The van der Waals surface area contributed by atoms with Gasteiger partial charge in [0, 0.05) is 17.5 Å². The third-order valence-electron chi connectivity index (χ3n) is 4.15. The van der Waals surface area contributed by atoms with E-state index in [1.54, 1.807) is 6.07 Å². The van der Waals surface area contributed by atoms with Gasteiger partial charge in [-0.25, -0.2) is 0 Å².